The van der Waals surface area contributed by atoms with Gasteiger partial charge < -0.3 is 0 Å². The number of hydrogen-bond donors (Lipinski definition) is 0. The zero-order valence-corrected chi connectivity index (χ0v) is 11.9. The molecule has 0 fully saturated rings. The minimum atomic E-state index is -0.413. The maximum absolute atomic E-state index is 10.6. The summed E-state index contributed by atoms with van der Waals surface area (Å²) in [5.74, 6) is 0.623. The molecule has 0 aliphatic carbocycles. The van der Waals surface area contributed by atoms with Crippen molar-refractivity contribution in [3.05, 3.63) is 33.6 Å². The van der Waals surface area contributed by atoms with Crippen LogP contribution in [0.2, 0.25) is 0 Å². The predicted molar refractivity (Wildman–Crippen MR) is 71.5 cm³/mol. The monoisotopic (exact) mass is 300 g/mol. The van der Waals surface area contributed by atoms with E-state index in [9.17, 15) is 10.1 Å². The van der Waals surface area contributed by atoms with E-state index in [1.165, 1.54) is 6.20 Å². The van der Waals surface area contributed by atoms with Gasteiger partial charge in [-0.25, -0.2) is 0 Å². The van der Waals surface area contributed by atoms with E-state index in [1.807, 2.05) is 6.92 Å². The summed E-state index contributed by atoms with van der Waals surface area (Å²) in [7, 11) is 0. The van der Waals surface area contributed by atoms with Gasteiger partial charge in [-0.1, -0.05) is 29.8 Å². The van der Waals surface area contributed by atoms with Crippen LogP contribution in [0.4, 0.5) is 5.69 Å². The van der Waals surface area contributed by atoms with Gasteiger partial charge in [-0.05, 0) is 24.8 Å². The lowest BCUT2D eigenvalue weighted by atomic mass is 10.0. The first kappa shape index (κ1) is 14.1. The molecule has 0 spiro atoms. The fraction of sp³-hybridized carbons (Fsp3) is 0.583. The molecule has 4 nitrogen and oxygen atoms in total. The molecule has 0 aliphatic rings. The van der Waals surface area contributed by atoms with Crippen molar-refractivity contribution in [2.24, 2.45) is 5.92 Å². The third kappa shape index (κ3) is 4.42. The second kappa shape index (κ2) is 6.10. The van der Waals surface area contributed by atoms with E-state index in [4.69, 9.17) is 0 Å². The van der Waals surface area contributed by atoms with E-state index in [0.29, 0.717) is 10.7 Å². The maximum Gasteiger partial charge on any atom is 0.287 e. The number of aromatic nitrogens is 1. The Balaban J connectivity index is 2.75. The maximum atomic E-state index is 10.6. The molecule has 1 atom stereocenters. The summed E-state index contributed by atoms with van der Waals surface area (Å²) in [5, 5.41) is 10.6. The number of pyridine rings is 1. The lowest BCUT2D eigenvalue weighted by Crippen LogP contribution is -2.09. The summed E-state index contributed by atoms with van der Waals surface area (Å²) in [6.45, 7) is 6.21. The van der Waals surface area contributed by atoms with Gasteiger partial charge >= 0.3 is 0 Å². The zero-order valence-electron chi connectivity index (χ0n) is 10.3. The third-order valence-electron chi connectivity index (χ3n) is 2.53. The largest absolute Gasteiger partial charge is 0.287 e. The van der Waals surface area contributed by atoms with Crippen molar-refractivity contribution in [1.29, 1.82) is 0 Å². The molecule has 0 amide bonds. The average Bonchev–Trinajstić information content (AvgIpc) is 2.19. The summed E-state index contributed by atoms with van der Waals surface area (Å²) in [5.41, 5.74) is 1.87. The Labute approximate surface area is 110 Å². The Morgan fingerprint density at radius 1 is 1.53 bits per heavy atom. The molecule has 1 aromatic heterocycles. The molecule has 1 heterocycles. The van der Waals surface area contributed by atoms with Crippen LogP contribution in [0.25, 0.3) is 0 Å². The number of rotatable bonds is 5. The molecule has 94 valence electrons. The smallest absolute Gasteiger partial charge is 0.258 e. The molecule has 1 aromatic rings. The number of aryl methyl sites for hydroxylation is 1. The van der Waals surface area contributed by atoms with Crippen molar-refractivity contribution in [3.8, 4) is 0 Å². The number of halogens is 1. The van der Waals surface area contributed by atoms with Gasteiger partial charge in [-0.2, -0.15) is 0 Å². The highest BCUT2D eigenvalue weighted by Crippen LogP contribution is 2.21. The van der Waals surface area contributed by atoms with E-state index in [2.05, 4.69) is 34.8 Å². The third-order valence-corrected chi connectivity index (χ3v) is 3.22. The fourth-order valence-corrected chi connectivity index (χ4v) is 2.76. The predicted octanol–water partition coefficient (Wildman–Crippen LogP) is 3.65. The van der Waals surface area contributed by atoms with E-state index >= 15 is 0 Å². The second-order valence-corrected chi connectivity index (χ2v) is 5.94. The van der Waals surface area contributed by atoms with Crippen molar-refractivity contribution in [1.82, 2.24) is 4.98 Å². The number of hydrogen-bond acceptors (Lipinski definition) is 3. The Bertz CT molecular complexity index is 407. The topological polar surface area (TPSA) is 56.0 Å². The van der Waals surface area contributed by atoms with Crippen LogP contribution in [0.15, 0.2) is 12.3 Å². The normalized spacial score (nSPS) is 12.8. The SMILES string of the molecule is Cc1cc([N+](=O)[O-])cnc1CC(Br)CC(C)C. The molecule has 5 heteroatoms. The summed E-state index contributed by atoms with van der Waals surface area (Å²) in [6.07, 6.45) is 3.21. The minimum absolute atomic E-state index is 0.0567. The van der Waals surface area contributed by atoms with Crippen LogP contribution in [-0.2, 0) is 6.42 Å². The van der Waals surface area contributed by atoms with E-state index in [0.717, 1.165) is 24.1 Å². The first-order valence-corrected chi connectivity index (χ1v) is 6.55. The molecule has 17 heavy (non-hydrogen) atoms. The van der Waals surface area contributed by atoms with Crippen molar-refractivity contribution in [3.63, 3.8) is 0 Å². The summed E-state index contributed by atoms with van der Waals surface area (Å²) in [6, 6.07) is 1.58. The molecule has 0 radical (unpaired) electrons. The van der Waals surface area contributed by atoms with Crippen LogP contribution in [0.1, 0.15) is 31.5 Å². The van der Waals surface area contributed by atoms with Gasteiger partial charge in [-0.3, -0.25) is 15.1 Å². The standard InChI is InChI=1S/C12H17BrN2O2/c1-8(2)4-10(13)6-12-9(3)5-11(7-14-12)15(16)17/h5,7-8,10H,4,6H2,1-3H3. The van der Waals surface area contributed by atoms with E-state index in [1.54, 1.807) is 6.07 Å². The van der Waals surface area contributed by atoms with Crippen LogP contribution in [0.3, 0.4) is 0 Å². The van der Waals surface area contributed by atoms with Crippen molar-refractivity contribution < 1.29 is 4.92 Å². The Morgan fingerprint density at radius 2 is 2.18 bits per heavy atom. The van der Waals surface area contributed by atoms with Gasteiger partial charge in [0.05, 0.1) is 4.92 Å². The number of nitro groups is 1. The van der Waals surface area contributed by atoms with Gasteiger partial charge in [0, 0.05) is 23.0 Å². The van der Waals surface area contributed by atoms with Crippen molar-refractivity contribution in [2.75, 3.05) is 0 Å². The highest BCUT2D eigenvalue weighted by atomic mass is 79.9. The van der Waals surface area contributed by atoms with Gasteiger partial charge in [0.25, 0.3) is 5.69 Å². The summed E-state index contributed by atoms with van der Waals surface area (Å²) < 4.78 is 0. The minimum Gasteiger partial charge on any atom is -0.258 e. The molecule has 0 bridgehead atoms. The average molecular weight is 301 g/mol. The quantitative estimate of drug-likeness (QED) is 0.474. The van der Waals surface area contributed by atoms with Crippen LogP contribution >= 0.6 is 15.9 Å². The molecule has 0 aromatic carbocycles. The molecular weight excluding hydrogens is 284 g/mol. The van der Waals surface area contributed by atoms with Crippen LogP contribution in [0.5, 0.6) is 0 Å². The molecule has 0 saturated heterocycles. The summed E-state index contributed by atoms with van der Waals surface area (Å²) >= 11 is 3.62. The fourth-order valence-electron chi connectivity index (χ4n) is 1.71. The van der Waals surface area contributed by atoms with Gasteiger partial charge in [0.1, 0.15) is 6.20 Å². The molecule has 0 saturated carbocycles. The molecule has 0 aliphatic heterocycles. The van der Waals surface area contributed by atoms with Gasteiger partial charge in [0.2, 0.25) is 0 Å². The van der Waals surface area contributed by atoms with E-state index in [-0.39, 0.29) is 5.69 Å². The van der Waals surface area contributed by atoms with Crippen LogP contribution < -0.4 is 0 Å². The van der Waals surface area contributed by atoms with E-state index < -0.39 is 4.92 Å². The van der Waals surface area contributed by atoms with Crippen LogP contribution in [-0.4, -0.2) is 14.7 Å². The highest BCUT2D eigenvalue weighted by molar-refractivity contribution is 9.09. The first-order valence-electron chi connectivity index (χ1n) is 5.64. The molecular formula is C12H17BrN2O2. The molecule has 1 rings (SSSR count). The van der Waals surface area contributed by atoms with Gasteiger partial charge in [-0.15, -0.1) is 0 Å². The first-order chi connectivity index (χ1) is 7.90. The Morgan fingerprint density at radius 3 is 2.65 bits per heavy atom. The zero-order chi connectivity index (χ0) is 13.0. The highest BCUT2D eigenvalue weighted by Gasteiger charge is 2.13. The molecule has 1 unspecified atom stereocenters. The summed E-state index contributed by atoms with van der Waals surface area (Å²) in [4.78, 5) is 14.7. The number of nitrogens with zero attached hydrogens (tertiary/aromatic N) is 2. The Hall–Kier alpha value is -0.970. The van der Waals surface area contributed by atoms with Gasteiger partial charge in [0.15, 0.2) is 0 Å². The molecule has 0 N–H and O–H groups in total. The second-order valence-electron chi connectivity index (χ2n) is 4.65. The van der Waals surface area contributed by atoms with Crippen molar-refractivity contribution in [2.45, 2.75) is 38.4 Å². The van der Waals surface area contributed by atoms with Crippen molar-refractivity contribution >= 4 is 21.6 Å². The number of alkyl halides is 1. The lowest BCUT2D eigenvalue weighted by molar-refractivity contribution is -0.385. The van der Waals surface area contributed by atoms with Crippen LogP contribution in [0, 0.1) is 23.0 Å². The lowest BCUT2D eigenvalue weighted by Gasteiger charge is -2.12. The Kier molecular flexibility index (Phi) is 5.05.